The zero-order valence-electron chi connectivity index (χ0n) is 42.0. The molecule has 4 amide bonds. The number of hydrogen-bond donors (Lipinski definition) is 10. The summed E-state index contributed by atoms with van der Waals surface area (Å²) in [5.74, 6) is -1.40. The average Bonchev–Trinajstić information content (AvgIpc) is 3.77. The van der Waals surface area contributed by atoms with Crippen molar-refractivity contribution in [3.63, 3.8) is 0 Å². The van der Waals surface area contributed by atoms with Gasteiger partial charge in [-0.2, -0.15) is 0 Å². The number of nitrogens with zero attached hydrogens (tertiary/aromatic N) is 3. The zero-order valence-corrected chi connectivity index (χ0v) is 42.0. The van der Waals surface area contributed by atoms with Crippen LogP contribution in [0.2, 0.25) is 0 Å². The van der Waals surface area contributed by atoms with Crippen molar-refractivity contribution in [1.82, 2.24) is 35.3 Å². The van der Waals surface area contributed by atoms with Gasteiger partial charge in [0, 0.05) is 52.5 Å². The van der Waals surface area contributed by atoms with Gasteiger partial charge in [0.2, 0.25) is 11.8 Å². The maximum absolute atomic E-state index is 14.1. The summed E-state index contributed by atoms with van der Waals surface area (Å²) in [6, 6.07) is -2.63. The highest BCUT2D eigenvalue weighted by Crippen LogP contribution is 2.35. The largest absolute Gasteiger partial charge is 0.389 e. The fourth-order valence-corrected chi connectivity index (χ4v) is 9.18. The number of aromatic nitrogens is 2. The molecule has 398 valence electrons. The van der Waals surface area contributed by atoms with E-state index in [2.05, 4.69) is 34.8 Å². The first-order valence-corrected chi connectivity index (χ1v) is 25.7. The van der Waals surface area contributed by atoms with Crippen molar-refractivity contribution >= 4 is 17.8 Å². The Balaban J connectivity index is 1.84. The lowest BCUT2D eigenvalue weighted by molar-refractivity contribution is -0.233. The molecule has 0 radical (unpaired) electrons. The molecule has 4 unspecified atom stereocenters. The van der Waals surface area contributed by atoms with E-state index in [4.69, 9.17) is 19.9 Å². The molecule has 2 fully saturated rings. The SMILES string of the molecule is CCCCCCCCCCCCNC(=O)C([C@@H](O)CN(C)[C@H](C(=O)NC)[C@H](OC1O[C@H](CN)[C@@H](O)[C@H]1O)C1OC(n2ccc(=O)[nH]c2=O)[C@H](O)[C@@H]1O)N(C)C(=O)NCCCCCCCCCCCC. The second kappa shape index (κ2) is 32.5. The number of aliphatic hydroxyl groups is 5. The molecule has 2 saturated heterocycles. The number of unbranched alkanes of at least 4 members (excludes halogenated alkanes) is 18. The van der Waals surface area contributed by atoms with Gasteiger partial charge in [-0.25, -0.2) is 9.59 Å². The third-order valence-corrected chi connectivity index (χ3v) is 13.3. The van der Waals surface area contributed by atoms with Crippen LogP contribution < -0.4 is 32.9 Å². The summed E-state index contributed by atoms with van der Waals surface area (Å²) in [6.07, 6.45) is 6.89. The molecule has 69 heavy (non-hydrogen) atoms. The lowest BCUT2D eigenvalue weighted by Crippen LogP contribution is -2.63. The minimum atomic E-state index is -1.88. The Morgan fingerprint density at radius 1 is 0.739 bits per heavy atom. The summed E-state index contributed by atoms with van der Waals surface area (Å²) >= 11 is 0. The number of aromatic amines is 1. The smallest absolute Gasteiger partial charge is 0.330 e. The normalized spacial score (nSPS) is 24.2. The van der Waals surface area contributed by atoms with E-state index in [0.717, 1.165) is 73.1 Å². The first-order valence-electron chi connectivity index (χ1n) is 25.7. The number of carbonyl (C=O) groups excluding carboxylic acids is 3. The maximum Gasteiger partial charge on any atom is 0.330 e. The molecule has 2 aliphatic heterocycles. The Kier molecular flexibility index (Phi) is 28.1. The van der Waals surface area contributed by atoms with Crippen LogP contribution >= 0.6 is 0 Å². The number of aliphatic hydroxyl groups excluding tert-OH is 5. The predicted molar refractivity (Wildman–Crippen MR) is 260 cm³/mol. The van der Waals surface area contributed by atoms with E-state index in [1.807, 2.05) is 0 Å². The Bertz CT molecular complexity index is 1740. The Hall–Kier alpha value is -3.51. The van der Waals surface area contributed by atoms with Crippen LogP contribution in [0.25, 0.3) is 0 Å². The van der Waals surface area contributed by atoms with E-state index in [0.29, 0.717) is 19.5 Å². The number of H-pyrrole nitrogens is 1. The van der Waals surface area contributed by atoms with Gasteiger partial charge in [0.05, 0.1) is 6.10 Å². The van der Waals surface area contributed by atoms with Crippen molar-refractivity contribution in [2.45, 2.75) is 216 Å². The number of ether oxygens (including phenoxy) is 3. The molecule has 21 nitrogen and oxygen atoms in total. The van der Waals surface area contributed by atoms with Crippen LogP contribution in [0.1, 0.15) is 148 Å². The van der Waals surface area contributed by atoms with Gasteiger partial charge in [-0.05, 0) is 19.9 Å². The minimum Gasteiger partial charge on any atom is -0.389 e. The van der Waals surface area contributed by atoms with Crippen LogP contribution in [0.15, 0.2) is 21.9 Å². The van der Waals surface area contributed by atoms with Gasteiger partial charge in [-0.3, -0.25) is 28.8 Å². The number of likely N-dealkylation sites (N-methyl/N-ethyl adjacent to an activating group) is 3. The number of amides is 4. The zero-order chi connectivity index (χ0) is 50.9. The Morgan fingerprint density at radius 2 is 1.26 bits per heavy atom. The van der Waals surface area contributed by atoms with Crippen molar-refractivity contribution < 1.29 is 54.1 Å². The standard InChI is InChI=1S/C48H88N8O13/c1-6-8-10-12-14-16-18-20-22-24-27-51-44(64)35(55(5)47(65)52-28-25-23-21-19-17-15-13-11-9-7-2)32(57)31-54(4)36(43(63)50-3)41(69-46-40(62)37(59)33(30-49)67-46)42-38(60)39(61)45(68-42)56-29-26-34(58)53-48(56)66/h26,29,32-33,35-42,45-46,57,59-62H,6-25,27-28,30-31,49H2,1-5H3,(H,50,63)(H,51,64)(H,52,65)(H,53,58,66)/t32-,33+,35?,36-,37+,38-,39+,40+,41-,42?,45?,46?/m0/s1. The van der Waals surface area contributed by atoms with E-state index in [1.165, 1.54) is 96.7 Å². The van der Waals surface area contributed by atoms with Gasteiger partial charge < -0.3 is 66.3 Å². The highest BCUT2D eigenvalue weighted by atomic mass is 16.7. The summed E-state index contributed by atoms with van der Waals surface area (Å²) in [4.78, 5) is 70.9. The van der Waals surface area contributed by atoms with E-state index in [-0.39, 0.29) is 6.54 Å². The van der Waals surface area contributed by atoms with Gasteiger partial charge in [0.25, 0.3) is 5.56 Å². The highest BCUT2D eigenvalue weighted by Gasteiger charge is 2.55. The molecular weight excluding hydrogens is 897 g/mol. The number of hydrogen-bond acceptors (Lipinski definition) is 15. The number of urea groups is 1. The minimum absolute atomic E-state index is 0.227. The second-order valence-corrected chi connectivity index (χ2v) is 18.9. The predicted octanol–water partition coefficient (Wildman–Crippen LogP) is 1.32. The maximum atomic E-state index is 14.1. The van der Waals surface area contributed by atoms with Gasteiger partial charge in [-0.15, -0.1) is 0 Å². The third-order valence-electron chi connectivity index (χ3n) is 13.3. The van der Waals surface area contributed by atoms with Crippen LogP contribution in [0.5, 0.6) is 0 Å². The molecule has 0 aliphatic carbocycles. The molecule has 0 aromatic carbocycles. The van der Waals surface area contributed by atoms with Crippen molar-refractivity contribution in [2.75, 3.05) is 47.3 Å². The van der Waals surface area contributed by atoms with Crippen LogP contribution in [0.4, 0.5) is 4.79 Å². The molecule has 1 aromatic heterocycles. The van der Waals surface area contributed by atoms with Crippen LogP contribution in [0, 0.1) is 0 Å². The fraction of sp³-hybridized carbons (Fsp3) is 0.854. The molecular formula is C48H88N8O13. The van der Waals surface area contributed by atoms with Gasteiger partial charge in [0.1, 0.15) is 54.8 Å². The number of rotatable bonds is 35. The average molecular weight is 985 g/mol. The molecule has 21 heteroatoms. The highest BCUT2D eigenvalue weighted by molar-refractivity contribution is 5.87. The topological polar surface area (TPSA) is 303 Å². The third kappa shape index (κ3) is 18.9. The molecule has 11 N–H and O–H groups in total. The number of carbonyl (C=O) groups is 3. The van der Waals surface area contributed by atoms with E-state index < -0.39 is 109 Å². The fourth-order valence-electron chi connectivity index (χ4n) is 9.18. The molecule has 1 aromatic rings. The van der Waals surface area contributed by atoms with Crippen LogP contribution in [0.3, 0.4) is 0 Å². The lowest BCUT2D eigenvalue weighted by Gasteiger charge is -2.40. The molecule has 12 atom stereocenters. The van der Waals surface area contributed by atoms with Crippen molar-refractivity contribution in [3.8, 4) is 0 Å². The first kappa shape index (κ1) is 59.8. The van der Waals surface area contributed by atoms with E-state index >= 15 is 0 Å². The summed E-state index contributed by atoms with van der Waals surface area (Å²) in [6.45, 7) is 4.36. The first-order chi connectivity index (χ1) is 33.1. The Labute approximate surface area is 408 Å². The van der Waals surface area contributed by atoms with Crippen LogP contribution in [-0.2, 0) is 23.8 Å². The molecule has 0 spiro atoms. The van der Waals surface area contributed by atoms with Crippen molar-refractivity contribution in [3.05, 3.63) is 33.1 Å². The Morgan fingerprint density at radius 3 is 1.75 bits per heavy atom. The summed E-state index contributed by atoms with van der Waals surface area (Å²) in [5.41, 5.74) is 4.05. The summed E-state index contributed by atoms with van der Waals surface area (Å²) in [7, 11) is 4.13. The van der Waals surface area contributed by atoms with E-state index in [9.17, 15) is 49.5 Å². The second-order valence-electron chi connectivity index (χ2n) is 18.9. The quantitative estimate of drug-likeness (QED) is 0.0429. The van der Waals surface area contributed by atoms with Crippen molar-refractivity contribution in [1.29, 1.82) is 0 Å². The number of nitrogens with one attached hydrogen (secondary N) is 4. The van der Waals surface area contributed by atoms with Gasteiger partial charge >= 0.3 is 11.7 Å². The molecule has 0 saturated carbocycles. The lowest BCUT2D eigenvalue weighted by atomic mass is 9.96. The molecule has 2 aliphatic rings. The molecule has 3 rings (SSSR count). The van der Waals surface area contributed by atoms with Crippen LogP contribution in [-0.4, -0.2) is 177 Å². The molecule has 3 heterocycles. The molecule has 0 bridgehead atoms. The van der Waals surface area contributed by atoms with Gasteiger partial charge in [0.15, 0.2) is 12.5 Å². The summed E-state index contributed by atoms with van der Waals surface area (Å²) in [5, 5.41) is 64.7. The van der Waals surface area contributed by atoms with Crippen molar-refractivity contribution in [2.24, 2.45) is 5.73 Å². The van der Waals surface area contributed by atoms with E-state index in [1.54, 1.807) is 0 Å². The summed E-state index contributed by atoms with van der Waals surface area (Å²) < 4.78 is 18.8. The number of nitrogens with two attached hydrogens (primary N) is 1. The van der Waals surface area contributed by atoms with Gasteiger partial charge in [-0.1, -0.05) is 129 Å². The monoisotopic (exact) mass is 985 g/mol.